The van der Waals surface area contributed by atoms with Crippen molar-refractivity contribution in [1.29, 1.82) is 0 Å². The number of rotatable bonds is 6. The standard InChI is InChI=1S/C18H36N2O/c1-14(2)18-10-19-17(16-8-6-5-7-9-16)12-20(18)11-15(3)13-21-4/h14-19H,5-13H2,1-4H3. The van der Waals surface area contributed by atoms with Crippen LogP contribution in [-0.4, -0.2) is 50.3 Å². The first-order chi connectivity index (χ1) is 10.1. The highest BCUT2D eigenvalue weighted by Gasteiger charge is 2.34. The Morgan fingerprint density at radius 3 is 2.48 bits per heavy atom. The SMILES string of the molecule is COCC(C)CN1CC(C2CCCCC2)NCC1C(C)C. The molecule has 3 atom stereocenters. The Hall–Kier alpha value is -0.120. The molecule has 2 rings (SSSR count). The van der Waals surface area contributed by atoms with Crippen molar-refractivity contribution < 1.29 is 4.74 Å². The number of hydrogen-bond donors (Lipinski definition) is 1. The summed E-state index contributed by atoms with van der Waals surface area (Å²) >= 11 is 0. The van der Waals surface area contributed by atoms with Gasteiger partial charge in [0.1, 0.15) is 0 Å². The third-order valence-electron chi connectivity index (χ3n) is 5.48. The summed E-state index contributed by atoms with van der Waals surface area (Å²) in [5.41, 5.74) is 0. The van der Waals surface area contributed by atoms with E-state index in [1.54, 1.807) is 0 Å². The maximum absolute atomic E-state index is 5.34. The Kier molecular flexibility index (Phi) is 6.97. The molecule has 2 aliphatic rings. The molecule has 1 aliphatic carbocycles. The maximum Gasteiger partial charge on any atom is 0.0500 e. The molecule has 21 heavy (non-hydrogen) atoms. The lowest BCUT2D eigenvalue weighted by Crippen LogP contribution is -2.61. The van der Waals surface area contributed by atoms with Crippen LogP contribution in [0.25, 0.3) is 0 Å². The van der Waals surface area contributed by atoms with Crippen LogP contribution in [0.2, 0.25) is 0 Å². The molecule has 0 bridgehead atoms. The summed E-state index contributed by atoms with van der Waals surface area (Å²) in [6.45, 7) is 11.5. The second-order valence-electron chi connectivity index (χ2n) is 7.74. The number of nitrogens with zero attached hydrogens (tertiary/aromatic N) is 1. The highest BCUT2D eigenvalue weighted by atomic mass is 16.5. The van der Waals surface area contributed by atoms with E-state index >= 15 is 0 Å². The molecule has 1 saturated carbocycles. The molecule has 1 N–H and O–H groups in total. The van der Waals surface area contributed by atoms with Crippen LogP contribution in [0, 0.1) is 17.8 Å². The molecule has 2 fully saturated rings. The molecule has 1 aliphatic heterocycles. The fourth-order valence-corrected chi connectivity index (χ4v) is 4.31. The van der Waals surface area contributed by atoms with Crippen LogP contribution >= 0.6 is 0 Å². The number of methoxy groups -OCH3 is 1. The lowest BCUT2D eigenvalue weighted by molar-refractivity contribution is 0.0457. The molecule has 1 saturated heterocycles. The Labute approximate surface area is 131 Å². The zero-order valence-corrected chi connectivity index (χ0v) is 14.6. The van der Waals surface area contributed by atoms with E-state index in [1.807, 2.05) is 7.11 Å². The van der Waals surface area contributed by atoms with Gasteiger partial charge in [-0.1, -0.05) is 40.0 Å². The third kappa shape index (κ3) is 4.94. The van der Waals surface area contributed by atoms with Crippen LogP contribution < -0.4 is 5.32 Å². The summed E-state index contributed by atoms with van der Waals surface area (Å²) in [5, 5.41) is 3.88. The number of nitrogens with one attached hydrogen (secondary N) is 1. The first-order valence-corrected chi connectivity index (χ1v) is 9.08. The van der Waals surface area contributed by atoms with Crippen LogP contribution in [-0.2, 0) is 4.74 Å². The molecule has 0 aromatic carbocycles. The van der Waals surface area contributed by atoms with Crippen LogP contribution in [0.5, 0.6) is 0 Å². The second kappa shape index (κ2) is 8.50. The van der Waals surface area contributed by atoms with Crippen LogP contribution in [0.3, 0.4) is 0 Å². The maximum atomic E-state index is 5.34. The molecule has 0 amide bonds. The Morgan fingerprint density at radius 2 is 1.86 bits per heavy atom. The first kappa shape index (κ1) is 17.2. The largest absolute Gasteiger partial charge is 0.384 e. The van der Waals surface area contributed by atoms with Crippen molar-refractivity contribution in [2.75, 3.05) is 33.4 Å². The van der Waals surface area contributed by atoms with Gasteiger partial charge in [0.15, 0.2) is 0 Å². The summed E-state index contributed by atoms with van der Waals surface area (Å²) in [5.74, 6) is 2.26. The van der Waals surface area contributed by atoms with Crippen molar-refractivity contribution in [2.45, 2.75) is 65.0 Å². The van der Waals surface area contributed by atoms with Crippen molar-refractivity contribution in [3.63, 3.8) is 0 Å². The lowest BCUT2D eigenvalue weighted by atomic mass is 9.82. The summed E-state index contributed by atoms with van der Waals surface area (Å²) in [6.07, 6.45) is 7.20. The minimum Gasteiger partial charge on any atom is -0.384 e. The van der Waals surface area contributed by atoms with Crippen LogP contribution in [0.4, 0.5) is 0 Å². The van der Waals surface area contributed by atoms with E-state index in [2.05, 4.69) is 31.0 Å². The molecular formula is C18H36N2O. The molecule has 3 unspecified atom stereocenters. The van der Waals surface area contributed by atoms with Gasteiger partial charge in [-0.05, 0) is 30.6 Å². The van der Waals surface area contributed by atoms with Crippen LogP contribution in [0.15, 0.2) is 0 Å². The van der Waals surface area contributed by atoms with E-state index in [9.17, 15) is 0 Å². The van der Waals surface area contributed by atoms with E-state index < -0.39 is 0 Å². The zero-order valence-electron chi connectivity index (χ0n) is 14.6. The van der Waals surface area contributed by atoms with Gasteiger partial charge in [0.2, 0.25) is 0 Å². The van der Waals surface area contributed by atoms with Crippen molar-refractivity contribution >= 4 is 0 Å². The highest BCUT2D eigenvalue weighted by Crippen LogP contribution is 2.29. The molecular weight excluding hydrogens is 260 g/mol. The van der Waals surface area contributed by atoms with E-state index in [4.69, 9.17) is 4.74 Å². The minimum absolute atomic E-state index is 0.626. The van der Waals surface area contributed by atoms with Crippen molar-refractivity contribution in [3.05, 3.63) is 0 Å². The first-order valence-electron chi connectivity index (χ1n) is 9.08. The molecule has 0 radical (unpaired) electrons. The van der Waals surface area contributed by atoms with E-state index in [-0.39, 0.29) is 0 Å². The van der Waals surface area contributed by atoms with Gasteiger partial charge in [0.25, 0.3) is 0 Å². The average Bonchev–Trinajstić information content (AvgIpc) is 2.48. The Balaban J connectivity index is 1.93. The second-order valence-corrected chi connectivity index (χ2v) is 7.74. The monoisotopic (exact) mass is 296 g/mol. The molecule has 3 nitrogen and oxygen atoms in total. The number of piperazine rings is 1. The van der Waals surface area contributed by atoms with Crippen LogP contribution in [0.1, 0.15) is 52.9 Å². The predicted octanol–water partition coefficient (Wildman–Crippen LogP) is 3.15. The smallest absolute Gasteiger partial charge is 0.0500 e. The van der Waals surface area contributed by atoms with Gasteiger partial charge in [0, 0.05) is 45.4 Å². The van der Waals surface area contributed by atoms with Gasteiger partial charge in [-0.2, -0.15) is 0 Å². The van der Waals surface area contributed by atoms with Gasteiger partial charge in [-0.15, -0.1) is 0 Å². The molecule has 1 heterocycles. The predicted molar refractivity (Wildman–Crippen MR) is 89.6 cm³/mol. The molecule has 0 aromatic heterocycles. The number of hydrogen-bond acceptors (Lipinski definition) is 3. The molecule has 124 valence electrons. The summed E-state index contributed by atoms with van der Waals surface area (Å²) in [6, 6.07) is 1.40. The molecule has 0 aromatic rings. The normalized spacial score (nSPS) is 30.7. The third-order valence-corrected chi connectivity index (χ3v) is 5.48. The summed E-state index contributed by atoms with van der Waals surface area (Å²) < 4.78 is 5.34. The van der Waals surface area contributed by atoms with Gasteiger partial charge in [-0.25, -0.2) is 0 Å². The minimum atomic E-state index is 0.626. The van der Waals surface area contributed by atoms with E-state index in [0.29, 0.717) is 12.0 Å². The van der Waals surface area contributed by atoms with Crippen molar-refractivity contribution in [3.8, 4) is 0 Å². The van der Waals surface area contributed by atoms with Crippen molar-refractivity contribution in [2.24, 2.45) is 17.8 Å². The van der Waals surface area contributed by atoms with E-state index in [0.717, 1.165) is 24.5 Å². The molecule has 3 heteroatoms. The lowest BCUT2D eigenvalue weighted by Gasteiger charge is -2.46. The van der Waals surface area contributed by atoms with Gasteiger partial charge < -0.3 is 10.1 Å². The van der Waals surface area contributed by atoms with E-state index in [1.165, 1.54) is 51.7 Å². The van der Waals surface area contributed by atoms with Gasteiger partial charge >= 0.3 is 0 Å². The zero-order chi connectivity index (χ0) is 15.2. The summed E-state index contributed by atoms with van der Waals surface area (Å²) in [7, 11) is 1.82. The summed E-state index contributed by atoms with van der Waals surface area (Å²) in [4.78, 5) is 2.75. The Bertz CT molecular complexity index is 289. The topological polar surface area (TPSA) is 24.5 Å². The fourth-order valence-electron chi connectivity index (χ4n) is 4.31. The highest BCUT2D eigenvalue weighted by molar-refractivity contribution is 4.92. The van der Waals surface area contributed by atoms with Gasteiger partial charge in [-0.3, -0.25) is 4.90 Å². The molecule has 0 spiro atoms. The average molecular weight is 296 g/mol. The quantitative estimate of drug-likeness (QED) is 0.815. The Morgan fingerprint density at radius 1 is 1.14 bits per heavy atom. The number of ether oxygens (including phenoxy) is 1. The van der Waals surface area contributed by atoms with Crippen molar-refractivity contribution in [1.82, 2.24) is 10.2 Å². The van der Waals surface area contributed by atoms with Gasteiger partial charge in [0.05, 0.1) is 0 Å². The fraction of sp³-hybridized carbons (Fsp3) is 1.00.